The molecular weight excluding hydrogens is 342 g/mol. The summed E-state index contributed by atoms with van der Waals surface area (Å²) in [5, 5.41) is 7.46. The van der Waals surface area contributed by atoms with E-state index in [1.807, 2.05) is 0 Å². The van der Waals surface area contributed by atoms with Gasteiger partial charge in [-0.05, 0) is 25.7 Å². The quantitative estimate of drug-likeness (QED) is 0.869. The summed E-state index contributed by atoms with van der Waals surface area (Å²) in [5.74, 6) is -0.351. The van der Waals surface area contributed by atoms with Gasteiger partial charge in [0.05, 0.1) is 19.3 Å². The van der Waals surface area contributed by atoms with Gasteiger partial charge in [0.15, 0.2) is 5.13 Å². The second-order valence-corrected chi connectivity index (χ2v) is 7.11. The molecule has 0 atom stereocenters. The number of anilines is 1. The Morgan fingerprint density at radius 2 is 2.16 bits per heavy atom. The number of aryl methyl sites for hydroxylation is 3. The van der Waals surface area contributed by atoms with Gasteiger partial charge in [-0.1, -0.05) is 0 Å². The van der Waals surface area contributed by atoms with Crippen molar-refractivity contribution in [1.29, 1.82) is 0 Å². The van der Waals surface area contributed by atoms with E-state index in [-0.39, 0.29) is 24.2 Å². The van der Waals surface area contributed by atoms with Crippen LogP contribution in [0.1, 0.15) is 33.8 Å². The molecule has 134 valence electrons. The molecule has 1 aliphatic rings. The predicted molar refractivity (Wildman–Crippen MR) is 94.1 cm³/mol. The number of carbonyl (C=O) groups excluding carboxylic acids is 2. The van der Waals surface area contributed by atoms with E-state index in [0.717, 1.165) is 25.0 Å². The van der Waals surface area contributed by atoms with Gasteiger partial charge in [0.2, 0.25) is 11.8 Å². The molecule has 2 aromatic rings. The topological polar surface area (TPSA) is 89.4 Å². The second kappa shape index (κ2) is 7.22. The molecule has 1 N–H and O–H groups in total. The Morgan fingerprint density at radius 3 is 2.88 bits per heavy atom. The van der Waals surface area contributed by atoms with Gasteiger partial charge in [-0.2, -0.15) is 0 Å². The minimum Gasteiger partial charge on any atom is -0.479 e. The lowest BCUT2D eigenvalue weighted by atomic mass is 10.0. The number of methoxy groups -OCH3 is 1. The third-order valence-corrected chi connectivity index (χ3v) is 5.11. The summed E-state index contributed by atoms with van der Waals surface area (Å²) in [4.78, 5) is 31.8. The molecule has 1 aliphatic carbocycles. The molecular formula is C16H21N5O3S. The maximum atomic E-state index is 12.5. The molecule has 0 fully saturated rings. The van der Waals surface area contributed by atoms with Gasteiger partial charge in [0.1, 0.15) is 5.56 Å². The zero-order valence-corrected chi connectivity index (χ0v) is 15.4. The summed E-state index contributed by atoms with van der Waals surface area (Å²) in [5.41, 5.74) is 1.42. The number of rotatable bonds is 5. The monoisotopic (exact) mass is 363 g/mol. The minimum absolute atomic E-state index is 0.0683. The minimum atomic E-state index is -0.321. The number of hydrogen-bond donors (Lipinski definition) is 1. The van der Waals surface area contributed by atoms with Gasteiger partial charge in [0, 0.05) is 25.2 Å². The highest BCUT2D eigenvalue weighted by Crippen LogP contribution is 2.29. The summed E-state index contributed by atoms with van der Waals surface area (Å²) in [6, 6.07) is 0. The van der Waals surface area contributed by atoms with E-state index in [9.17, 15) is 9.59 Å². The van der Waals surface area contributed by atoms with Gasteiger partial charge < -0.3 is 15.0 Å². The molecule has 0 spiro atoms. The van der Waals surface area contributed by atoms with E-state index >= 15 is 0 Å². The van der Waals surface area contributed by atoms with Crippen molar-refractivity contribution in [2.75, 3.05) is 26.0 Å². The van der Waals surface area contributed by atoms with Crippen LogP contribution in [0.3, 0.4) is 0 Å². The number of amides is 2. The van der Waals surface area contributed by atoms with Crippen molar-refractivity contribution in [2.24, 2.45) is 7.05 Å². The first-order valence-electron chi connectivity index (χ1n) is 8.09. The number of hydrogen-bond acceptors (Lipinski definition) is 6. The summed E-state index contributed by atoms with van der Waals surface area (Å²) in [6.07, 6.45) is 5.90. The van der Waals surface area contributed by atoms with Crippen LogP contribution in [0.5, 0.6) is 5.88 Å². The van der Waals surface area contributed by atoms with Crippen molar-refractivity contribution in [2.45, 2.75) is 25.7 Å². The second-order valence-electron chi connectivity index (χ2n) is 6.03. The normalized spacial score (nSPS) is 13.2. The number of thiazole rings is 1. The molecule has 2 amide bonds. The average molecular weight is 363 g/mol. The molecule has 2 aromatic heterocycles. The summed E-state index contributed by atoms with van der Waals surface area (Å²) >= 11 is 1.53. The van der Waals surface area contributed by atoms with Crippen molar-refractivity contribution in [1.82, 2.24) is 19.7 Å². The number of fused-ring (bicyclic) bond motifs is 1. The van der Waals surface area contributed by atoms with Crippen molar-refractivity contribution >= 4 is 28.3 Å². The number of likely N-dealkylation sites (N-methyl/N-ethyl adjacent to an activating group) is 1. The lowest BCUT2D eigenvalue weighted by Gasteiger charge is -2.15. The molecule has 8 nitrogen and oxygen atoms in total. The Balaban J connectivity index is 1.62. The molecule has 0 aliphatic heterocycles. The van der Waals surface area contributed by atoms with Crippen LogP contribution >= 0.6 is 11.3 Å². The Kier molecular flexibility index (Phi) is 5.03. The molecule has 25 heavy (non-hydrogen) atoms. The molecule has 3 rings (SSSR count). The predicted octanol–water partition coefficient (Wildman–Crippen LogP) is 1.47. The van der Waals surface area contributed by atoms with E-state index in [2.05, 4.69) is 15.4 Å². The number of aromatic nitrogens is 3. The molecule has 0 unspecified atom stereocenters. The molecule has 0 aromatic carbocycles. The molecule has 0 radical (unpaired) electrons. The van der Waals surface area contributed by atoms with Crippen molar-refractivity contribution in [3.05, 3.63) is 22.3 Å². The smallest absolute Gasteiger partial charge is 0.261 e. The maximum Gasteiger partial charge on any atom is 0.261 e. The largest absolute Gasteiger partial charge is 0.479 e. The van der Waals surface area contributed by atoms with E-state index in [0.29, 0.717) is 10.7 Å². The van der Waals surface area contributed by atoms with Crippen LogP contribution < -0.4 is 10.1 Å². The molecule has 2 heterocycles. The first-order valence-corrected chi connectivity index (χ1v) is 8.91. The van der Waals surface area contributed by atoms with Crippen LogP contribution in [-0.4, -0.2) is 52.2 Å². The molecule has 9 heteroatoms. The zero-order chi connectivity index (χ0) is 18.0. The van der Waals surface area contributed by atoms with Crippen LogP contribution in [-0.2, 0) is 24.7 Å². The Hall–Kier alpha value is -2.42. The average Bonchev–Trinajstić information content (AvgIpc) is 3.15. The van der Waals surface area contributed by atoms with Crippen molar-refractivity contribution < 1.29 is 14.3 Å². The molecule has 0 saturated heterocycles. The number of carbonyl (C=O) groups is 2. The van der Waals surface area contributed by atoms with E-state index < -0.39 is 0 Å². The summed E-state index contributed by atoms with van der Waals surface area (Å²) < 4.78 is 6.60. The van der Waals surface area contributed by atoms with Crippen LogP contribution in [0.25, 0.3) is 0 Å². The molecule has 0 bridgehead atoms. The van der Waals surface area contributed by atoms with Gasteiger partial charge >= 0.3 is 0 Å². The van der Waals surface area contributed by atoms with E-state index in [1.54, 1.807) is 20.3 Å². The highest BCUT2D eigenvalue weighted by Gasteiger charge is 2.22. The van der Waals surface area contributed by atoms with Crippen LogP contribution in [0.4, 0.5) is 5.13 Å². The summed E-state index contributed by atoms with van der Waals surface area (Å²) in [6.45, 7) is -0.0683. The number of ether oxygens (including phenoxy) is 1. The fraction of sp³-hybridized carbons (Fsp3) is 0.500. The third kappa shape index (κ3) is 3.81. The van der Waals surface area contributed by atoms with Gasteiger partial charge in [-0.15, -0.1) is 16.4 Å². The van der Waals surface area contributed by atoms with E-state index in [4.69, 9.17) is 4.74 Å². The Labute approximate surface area is 149 Å². The highest BCUT2D eigenvalue weighted by molar-refractivity contribution is 7.15. The number of nitrogens with one attached hydrogen (secondary N) is 1. The number of nitrogens with zero attached hydrogens (tertiary/aromatic N) is 4. The SMILES string of the molecule is COc1nn(C)cc1C(=O)N(C)CC(=O)Nc1nc2c(s1)CCCC2. The van der Waals surface area contributed by atoms with Crippen LogP contribution in [0.15, 0.2) is 6.20 Å². The molecule has 0 saturated carbocycles. The van der Waals surface area contributed by atoms with Crippen LogP contribution in [0, 0.1) is 0 Å². The first kappa shape index (κ1) is 17.4. The van der Waals surface area contributed by atoms with Gasteiger partial charge in [-0.3, -0.25) is 14.3 Å². The Morgan fingerprint density at radius 1 is 1.40 bits per heavy atom. The lowest BCUT2D eigenvalue weighted by molar-refractivity contribution is -0.116. The first-order chi connectivity index (χ1) is 12.0. The van der Waals surface area contributed by atoms with Crippen LogP contribution in [0.2, 0.25) is 0 Å². The Bertz CT molecular complexity index is 774. The third-order valence-electron chi connectivity index (χ3n) is 4.04. The zero-order valence-electron chi connectivity index (χ0n) is 14.5. The summed E-state index contributed by atoms with van der Waals surface area (Å²) in [7, 11) is 4.73. The van der Waals surface area contributed by atoms with Gasteiger partial charge in [0.25, 0.3) is 5.91 Å². The highest BCUT2D eigenvalue weighted by atomic mass is 32.1. The lowest BCUT2D eigenvalue weighted by Crippen LogP contribution is -2.35. The maximum absolute atomic E-state index is 12.5. The fourth-order valence-electron chi connectivity index (χ4n) is 2.82. The van der Waals surface area contributed by atoms with Crippen molar-refractivity contribution in [3.8, 4) is 5.88 Å². The van der Waals surface area contributed by atoms with E-state index in [1.165, 1.54) is 39.3 Å². The fourth-order valence-corrected chi connectivity index (χ4v) is 3.89. The van der Waals surface area contributed by atoms with Gasteiger partial charge in [-0.25, -0.2) is 4.98 Å². The van der Waals surface area contributed by atoms with Crippen molar-refractivity contribution in [3.63, 3.8) is 0 Å². The standard InChI is InChI=1S/C16H21N5O3S/c1-20(15(23)10-8-21(2)19-14(10)24-3)9-13(22)18-16-17-11-6-4-5-7-12(11)25-16/h8H,4-7,9H2,1-3H3,(H,17,18,22).